The van der Waals surface area contributed by atoms with E-state index >= 15 is 0 Å². The molecule has 0 bridgehead atoms. The average Bonchev–Trinajstić information content (AvgIpc) is 2.27. The molecular formula is C14H20BrNO2. The molecule has 1 aromatic rings. The number of alkyl halides is 1. The fraction of sp³-hybridized carbons (Fsp3) is 0.500. The molecule has 1 amide bonds. The van der Waals surface area contributed by atoms with Gasteiger partial charge in [0.1, 0.15) is 5.75 Å². The van der Waals surface area contributed by atoms with Gasteiger partial charge in [0.25, 0.3) is 5.91 Å². The van der Waals surface area contributed by atoms with Crippen molar-refractivity contribution in [1.29, 1.82) is 0 Å². The van der Waals surface area contributed by atoms with Gasteiger partial charge in [-0.25, -0.2) is 0 Å². The Morgan fingerprint density at radius 3 is 2.28 bits per heavy atom. The molecule has 100 valence electrons. The zero-order chi connectivity index (χ0) is 13.7. The summed E-state index contributed by atoms with van der Waals surface area (Å²) >= 11 is 3.44. The van der Waals surface area contributed by atoms with Crippen LogP contribution in [-0.2, 0) is 0 Å². The van der Waals surface area contributed by atoms with Crippen LogP contribution >= 0.6 is 15.9 Å². The van der Waals surface area contributed by atoms with Gasteiger partial charge in [0.2, 0.25) is 0 Å². The van der Waals surface area contributed by atoms with Crippen LogP contribution in [0.25, 0.3) is 0 Å². The van der Waals surface area contributed by atoms with E-state index < -0.39 is 0 Å². The summed E-state index contributed by atoms with van der Waals surface area (Å²) in [7, 11) is 1.80. The standard InChI is InChI=1S/C14H20BrNO2/c1-10(2)18-13-7-5-12(6-8-13)14(17)16(4)9-11(3)15/h5-8,10-11H,9H2,1-4H3. The molecule has 0 aliphatic heterocycles. The van der Waals surface area contributed by atoms with Crippen molar-refractivity contribution in [2.45, 2.75) is 31.7 Å². The minimum Gasteiger partial charge on any atom is -0.491 e. The molecule has 0 saturated carbocycles. The van der Waals surface area contributed by atoms with Gasteiger partial charge in [-0.3, -0.25) is 4.79 Å². The third-order valence-corrected chi connectivity index (χ3v) is 2.63. The second-order valence-corrected chi connectivity index (χ2v) is 6.22. The Morgan fingerprint density at radius 2 is 1.83 bits per heavy atom. The number of benzene rings is 1. The zero-order valence-electron chi connectivity index (χ0n) is 11.3. The molecule has 0 N–H and O–H groups in total. The van der Waals surface area contributed by atoms with E-state index in [2.05, 4.69) is 15.9 Å². The molecule has 4 heteroatoms. The van der Waals surface area contributed by atoms with Gasteiger partial charge >= 0.3 is 0 Å². The summed E-state index contributed by atoms with van der Waals surface area (Å²) in [5, 5.41) is 0. The largest absolute Gasteiger partial charge is 0.491 e. The molecule has 1 rings (SSSR count). The van der Waals surface area contributed by atoms with E-state index in [1.165, 1.54) is 0 Å². The highest BCUT2D eigenvalue weighted by Gasteiger charge is 2.13. The first-order chi connectivity index (χ1) is 8.40. The summed E-state index contributed by atoms with van der Waals surface area (Å²) in [6.07, 6.45) is 0.142. The van der Waals surface area contributed by atoms with Crippen LogP contribution in [0.15, 0.2) is 24.3 Å². The monoisotopic (exact) mass is 313 g/mol. The molecule has 0 aliphatic carbocycles. The summed E-state index contributed by atoms with van der Waals surface area (Å²) in [4.78, 5) is 14.1. The number of halogens is 1. The smallest absolute Gasteiger partial charge is 0.253 e. The molecule has 1 aromatic carbocycles. The van der Waals surface area contributed by atoms with Crippen molar-refractivity contribution in [2.75, 3.05) is 13.6 Å². The molecule has 0 heterocycles. The molecular weight excluding hydrogens is 294 g/mol. The number of ether oxygens (including phenoxy) is 1. The minimum absolute atomic E-state index is 0.0254. The van der Waals surface area contributed by atoms with Gasteiger partial charge in [-0.15, -0.1) is 0 Å². The van der Waals surface area contributed by atoms with Gasteiger partial charge in [-0.2, -0.15) is 0 Å². The van der Waals surface area contributed by atoms with Crippen LogP contribution in [-0.4, -0.2) is 35.3 Å². The van der Waals surface area contributed by atoms with Crippen molar-refractivity contribution in [1.82, 2.24) is 4.90 Å². The number of amides is 1. The normalized spacial score (nSPS) is 12.3. The molecule has 0 saturated heterocycles. The van der Waals surface area contributed by atoms with Crippen molar-refractivity contribution in [3.63, 3.8) is 0 Å². The topological polar surface area (TPSA) is 29.5 Å². The van der Waals surface area contributed by atoms with Crippen LogP contribution < -0.4 is 4.74 Å². The molecule has 0 aromatic heterocycles. The quantitative estimate of drug-likeness (QED) is 0.780. The second-order valence-electron chi connectivity index (χ2n) is 4.66. The van der Waals surface area contributed by atoms with Crippen LogP contribution in [0.3, 0.4) is 0 Å². The third-order valence-electron chi connectivity index (χ3n) is 2.35. The summed E-state index contributed by atoms with van der Waals surface area (Å²) in [6.45, 7) is 6.65. The summed E-state index contributed by atoms with van der Waals surface area (Å²) in [5.74, 6) is 0.815. The van der Waals surface area contributed by atoms with Crippen LogP contribution in [0.5, 0.6) is 5.75 Å². The summed E-state index contributed by atoms with van der Waals surface area (Å²) < 4.78 is 5.54. The van der Waals surface area contributed by atoms with Crippen LogP contribution in [0, 0.1) is 0 Å². The maximum absolute atomic E-state index is 12.1. The Hall–Kier alpha value is -1.03. The molecule has 1 atom stereocenters. The van der Waals surface area contributed by atoms with Crippen LogP contribution in [0.2, 0.25) is 0 Å². The third kappa shape index (κ3) is 4.69. The first-order valence-electron chi connectivity index (χ1n) is 6.06. The minimum atomic E-state index is 0.0254. The van der Waals surface area contributed by atoms with E-state index in [0.717, 1.165) is 5.75 Å². The van der Waals surface area contributed by atoms with E-state index in [0.29, 0.717) is 12.1 Å². The predicted octanol–water partition coefficient (Wildman–Crippen LogP) is 3.33. The van der Waals surface area contributed by atoms with Crippen molar-refractivity contribution in [2.24, 2.45) is 0 Å². The highest BCUT2D eigenvalue weighted by molar-refractivity contribution is 9.09. The van der Waals surface area contributed by atoms with Crippen molar-refractivity contribution in [3.8, 4) is 5.75 Å². The van der Waals surface area contributed by atoms with Crippen molar-refractivity contribution < 1.29 is 9.53 Å². The van der Waals surface area contributed by atoms with E-state index in [1.54, 1.807) is 24.1 Å². The Kier molecular flexibility index (Phi) is 5.66. The lowest BCUT2D eigenvalue weighted by atomic mass is 10.2. The molecule has 0 radical (unpaired) electrons. The first-order valence-corrected chi connectivity index (χ1v) is 6.98. The highest BCUT2D eigenvalue weighted by Crippen LogP contribution is 2.15. The number of rotatable bonds is 5. The maximum atomic E-state index is 12.1. The Labute approximate surface area is 117 Å². The fourth-order valence-electron chi connectivity index (χ4n) is 1.63. The molecule has 0 aliphatic rings. The van der Waals surface area contributed by atoms with Gasteiger partial charge in [-0.1, -0.05) is 22.9 Å². The zero-order valence-corrected chi connectivity index (χ0v) is 12.9. The molecule has 3 nitrogen and oxygen atoms in total. The lowest BCUT2D eigenvalue weighted by Gasteiger charge is -2.19. The van der Waals surface area contributed by atoms with Gasteiger partial charge in [0.15, 0.2) is 0 Å². The molecule has 0 fully saturated rings. The molecule has 0 spiro atoms. The Bertz CT molecular complexity index is 387. The predicted molar refractivity (Wildman–Crippen MR) is 77.6 cm³/mol. The Morgan fingerprint density at radius 1 is 1.28 bits per heavy atom. The fourth-order valence-corrected chi connectivity index (χ4v) is 2.06. The number of carbonyl (C=O) groups excluding carboxylic acids is 1. The van der Waals surface area contributed by atoms with E-state index in [9.17, 15) is 4.79 Å². The lowest BCUT2D eigenvalue weighted by molar-refractivity contribution is 0.0797. The van der Waals surface area contributed by atoms with Gasteiger partial charge in [0, 0.05) is 24.0 Å². The Balaban J connectivity index is 2.69. The average molecular weight is 314 g/mol. The number of nitrogens with zero attached hydrogens (tertiary/aromatic N) is 1. The van der Waals surface area contributed by atoms with Crippen molar-refractivity contribution in [3.05, 3.63) is 29.8 Å². The summed E-state index contributed by atoms with van der Waals surface area (Å²) in [6, 6.07) is 7.27. The van der Waals surface area contributed by atoms with Gasteiger partial charge < -0.3 is 9.64 Å². The lowest BCUT2D eigenvalue weighted by Crippen LogP contribution is -2.31. The van der Waals surface area contributed by atoms with E-state index in [-0.39, 0.29) is 16.8 Å². The SMILES string of the molecule is CC(Br)CN(C)C(=O)c1ccc(OC(C)C)cc1. The molecule has 18 heavy (non-hydrogen) atoms. The maximum Gasteiger partial charge on any atom is 0.253 e. The highest BCUT2D eigenvalue weighted by atomic mass is 79.9. The van der Waals surface area contributed by atoms with Crippen molar-refractivity contribution >= 4 is 21.8 Å². The number of hydrogen-bond donors (Lipinski definition) is 0. The van der Waals surface area contributed by atoms with E-state index in [1.807, 2.05) is 32.9 Å². The first kappa shape index (κ1) is 15.0. The number of carbonyl (C=O) groups is 1. The summed E-state index contributed by atoms with van der Waals surface area (Å²) in [5.41, 5.74) is 0.682. The second kappa shape index (κ2) is 6.78. The van der Waals surface area contributed by atoms with Crippen LogP contribution in [0.1, 0.15) is 31.1 Å². The molecule has 1 unspecified atom stereocenters. The van der Waals surface area contributed by atoms with Gasteiger partial charge in [0.05, 0.1) is 6.10 Å². The van der Waals surface area contributed by atoms with Gasteiger partial charge in [-0.05, 0) is 38.1 Å². The van der Waals surface area contributed by atoms with Crippen LogP contribution in [0.4, 0.5) is 0 Å². The van der Waals surface area contributed by atoms with E-state index in [4.69, 9.17) is 4.74 Å². The number of hydrogen-bond acceptors (Lipinski definition) is 2.